The van der Waals surface area contributed by atoms with Crippen LogP contribution in [0.4, 0.5) is 5.69 Å². The van der Waals surface area contributed by atoms with Gasteiger partial charge < -0.3 is 14.4 Å². The number of nitrogens with zero attached hydrogens (tertiary/aromatic N) is 1. The van der Waals surface area contributed by atoms with Gasteiger partial charge in [0.1, 0.15) is 10.7 Å². The van der Waals surface area contributed by atoms with Gasteiger partial charge in [0, 0.05) is 23.0 Å². The lowest BCUT2D eigenvalue weighted by atomic mass is 9.83. The molecule has 2 heterocycles. The third-order valence-electron chi connectivity index (χ3n) is 5.58. The fourth-order valence-electron chi connectivity index (χ4n) is 4.04. The monoisotopic (exact) mass is 497 g/mol. The van der Waals surface area contributed by atoms with Gasteiger partial charge in [-0.15, -0.1) is 0 Å². The molecule has 170 valence electrons. The summed E-state index contributed by atoms with van der Waals surface area (Å²) in [5, 5.41) is 0. The number of hydrogen-bond acceptors (Lipinski definition) is 7. The molecule has 0 saturated carbocycles. The summed E-state index contributed by atoms with van der Waals surface area (Å²) in [6.45, 7) is 5.43. The number of ether oxygens (including phenoxy) is 2. The number of hydrogen-bond donors (Lipinski definition) is 0. The summed E-state index contributed by atoms with van der Waals surface area (Å²) in [6.07, 6.45) is 0. The van der Waals surface area contributed by atoms with Crippen molar-refractivity contribution >= 4 is 68.6 Å². The molecule has 0 unspecified atom stereocenters. The van der Waals surface area contributed by atoms with E-state index in [1.807, 2.05) is 62.4 Å². The average molecular weight is 498 g/mol. The van der Waals surface area contributed by atoms with E-state index >= 15 is 0 Å². The van der Waals surface area contributed by atoms with Gasteiger partial charge in [-0.3, -0.25) is 4.79 Å². The molecular formula is C25H23NO4S3. The SMILES string of the molecule is COC(=O)C1=C(c2ccccc2)S/C(=C2\C(=S)C(C)(C)N(C(C)=O)c3ccc(OC)cc32)S1. The van der Waals surface area contributed by atoms with Crippen LogP contribution in [0.3, 0.4) is 0 Å². The molecule has 4 rings (SSSR count). The van der Waals surface area contributed by atoms with Crippen molar-refractivity contribution in [3.8, 4) is 5.75 Å². The third kappa shape index (κ3) is 4.00. The number of thioether (sulfide) groups is 2. The van der Waals surface area contributed by atoms with Gasteiger partial charge in [0.2, 0.25) is 5.91 Å². The molecule has 0 spiro atoms. The summed E-state index contributed by atoms with van der Waals surface area (Å²) in [6, 6.07) is 15.4. The number of fused-ring (bicyclic) bond motifs is 1. The van der Waals surface area contributed by atoms with E-state index in [1.165, 1.54) is 30.6 Å². The van der Waals surface area contributed by atoms with Crippen molar-refractivity contribution in [1.82, 2.24) is 0 Å². The van der Waals surface area contributed by atoms with E-state index in [0.717, 1.165) is 31.5 Å². The Bertz CT molecular complexity index is 1230. The standard InChI is InChI=1S/C25H23NO4S3/c1-14(27)26-18-12-11-16(29-4)13-17(18)19(22(31)25(26,2)3)24-32-20(15-9-7-6-8-10-15)21(33-24)23(28)30-5/h6-13H,1-5H3/b24-19+. The first-order valence-electron chi connectivity index (χ1n) is 10.2. The van der Waals surface area contributed by atoms with Crippen LogP contribution in [0, 0.1) is 0 Å². The summed E-state index contributed by atoms with van der Waals surface area (Å²) in [4.78, 5) is 29.1. The van der Waals surface area contributed by atoms with E-state index < -0.39 is 5.54 Å². The maximum absolute atomic E-state index is 12.7. The summed E-state index contributed by atoms with van der Waals surface area (Å²) >= 11 is 8.85. The van der Waals surface area contributed by atoms with Crippen molar-refractivity contribution in [3.63, 3.8) is 0 Å². The summed E-state index contributed by atoms with van der Waals surface area (Å²) < 4.78 is 11.4. The van der Waals surface area contributed by atoms with Crippen molar-refractivity contribution in [3.05, 3.63) is 68.8 Å². The third-order valence-corrected chi connectivity index (χ3v) is 8.91. The largest absolute Gasteiger partial charge is 0.497 e. The maximum atomic E-state index is 12.7. The van der Waals surface area contributed by atoms with Crippen molar-refractivity contribution in [2.75, 3.05) is 19.1 Å². The van der Waals surface area contributed by atoms with Crippen molar-refractivity contribution < 1.29 is 19.1 Å². The zero-order chi connectivity index (χ0) is 23.9. The van der Waals surface area contributed by atoms with Crippen LogP contribution in [-0.2, 0) is 14.3 Å². The predicted molar refractivity (Wildman–Crippen MR) is 140 cm³/mol. The van der Waals surface area contributed by atoms with E-state index in [2.05, 4.69) is 0 Å². The Labute approximate surface area is 207 Å². The lowest BCUT2D eigenvalue weighted by Gasteiger charge is -2.44. The van der Waals surface area contributed by atoms with Gasteiger partial charge >= 0.3 is 5.97 Å². The first-order chi connectivity index (χ1) is 15.7. The molecule has 33 heavy (non-hydrogen) atoms. The zero-order valence-corrected chi connectivity index (χ0v) is 21.4. The van der Waals surface area contributed by atoms with Gasteiger partial charge in [0.25, 0.3) is 0 Å². The minimum Gasteiger partial charge on any atom is -0.497 e. The summed E-state index contributed by atoms with van der Waals surface area (Å²) in [5.74, 6) is 0.178. The molecule has 0 atom stereocenters. The van der Waals surface area contributed by atoms with Crippen LogP contribution in [0.2, 0.25) is 0 Å². The smallest absolute Gasteiger partial charge is 0.345 e. The summed E-state index contributed by atoms with van der Waals surface area (Å²) in [5.41, 5.74) is 2.61. The van der Waals surface area contributed by atoms with Crippen molar-refractivity contribution in [2.45, 2.75) is 26.3 Å². The van der Waals surface area contributed by atoms with Crippen LogP contribution in [-0.4, -0.2) is 36.5 Å². The highest BCUT2D eigenvalue weighted by molar-refractivity contribution is 8.32. The Hall–Kier alpha value is -2.55. The lowest BCUT2D eigenvalue weighted by Crippen LogP contribution is -2.55. The first-order valence-corrected chi connectivity index (χ1v) is 12.3. The van der Waals surface area contributed by atoms with Crippen LogP contribution in [0.1, 0.15) is 31.9 Å². The molecule has 2 aliphatic heterocycles. The Morgan fingerprint density at radius 3 is 2.33 bits per heavy atom. The molecule has 0 fully saturated rings. The number of esters is 1. The average Bonchev–Trinajstić information content (AvgIpc) is 3.24. The Kier molecular flexibility index (Phi) is 6.44. The number of methoxy groups -OCH3 is 2. The van der Waals surface area contributed by atoms with E-state index in [1.54, 1.807) is 18.9 Å². The highest BCUT2D eigenvalue weighted by Crippen LogP contribution is 2.58. The Morgan fingerprint density at radius 1 is 1.03 bits per heavy atom. The molecule has 2 aromatic carbocycles. The zero-order valence-electron chi connectivity index (χ0n) is 18.9. The van der Waals surface area contributed by atoms with Gasteiger partial charge in [0.05, 0.1) is 34.5 Å². The molecule has 1 amide bonds. The molecule has 0 N–H and O–H groups in total. The molecule has 0 aromatic heterocycles. The second-order valence-electron chi connectivity index (χ2n) is 8.01. The Balaban J connectivity index is 1.95. The first kappa shape index (κ1) is 23.6. The van der Waals surface area contributed by atoms with Gasteiger partial charge in [-0.05, 0) is 37.6 Å². The number of benzene rings is 2. The highest BCUT2D eigenvalue weighted by atomic mass is 32.2. The fraction of sp³-hybridized carbons (Fsp3) is 0.240. The molecule has 5 nitrogen and oxygen atoms in total. The number of anilines is 1. The molecule has 2 aromatic rings. The molecule has 0 radical (unpaired) electrons. The second kappa shape index (κ2) is 9.00. The molecule has 0 saturated heterocycles. The molecule has 0 aliphatic carbocycles. The van der Waals surface area contributed by atoms with Crippen LogP contribution >= 0.6 is 35.7 Å². The molecule has 0 bridgehead atoms. The maximum Gasteiger partial charge on any atom is 0.345 e. The van der Waals surface area contributed by atoms with Gasteiger partial charge in [0.15, 0.2) is 0 Å². The van der Waals surface area contributed by atoms with Gasteiger partial charge in [-0.25, -0.2) is 4.79 Å². The number of carbonyl (C=O) groups is 2. The normalized spacial score (nSPS) is 19.4. The number of amides is 1. The van der Waals surface area contributed by atoms with Crippen LogP contribution in [0.5, 0.6) is 5.75 Å². The van der Waals surface area contributed by atoms with Crippen LogP contribution in [0.25, 0.3) is 10.5 Å². The fourth-order valence-corrected chi connectivity index (χ4v) is 7.20. The van der Waals surface area contributed by atoms with E-state index in [4.69, 9.17) is 21.7 Å². The Morgan fingerprint density at radius 2 is 1.73 bits per heavy atom. The molecule has 8 heteroatoms. The number of rotatable bonds is 3. The van der Waals surface area contributed by atoms with Crippen LogP contribution in [0.15, 0.2) is 57.7 Å². The minimum absolute atomic E-state index is 0.0945. The molecule has 2 aliphatic rings. The van der Waals surface area contributed by atoms with Gasteiger partial charge in [-0.1, -0.05) is 66.1 Å². The topological polar surface area (TPSA) is 55.8 Å². The lowest BCUT2D eigenvalue weighted by molar-refractivity contribution is -0.135. The quantitative estimate of drug-likeness (QED) is 0.297. The molecular weight excluding hydrogens is 474 g/mol. The van der Waals surface area contributed by atoms with E-state index in [9.17, 15) is 9.59 Å². The predicted octanol–water partition coefficient (Wildman–Crippen LogP) is 5.90. The van der Waals surface area contributed by atoms with Gasteiger partial charge in [-0.2, -0.15) is 0 Å². The van der Waals surface area contributed by atoms with E-state index in [-0.39, 0.29) is 11.9 Å². The minimum atomic E-state index is -0.729. The summed E-state index contributed by atoms with van der Waals surface area (Å²) in [7, 11) is 2.99. The van der Waals surface area contributed by atoms with E-state index in [0.29, 0.717) is 15.5 Å². The van der Waals surface area contributed by atoms with Crippen LogP contribution < -0.4 is 9.64 Å². The number of thiocarbonyl (C=S) groups is 1. The van der Waals surface area contributed by atoms with Crippen molar-refractivity contribution in [1.29, 1.82) is 0 Å². The second-order valence-corrected chi connectivity index (χ2v) is 10.7. The number of carbonyl (C=O) groups excluding carboxylic acids is 2. The highest BCUT2D eigenvalue weighted by Gasteiger charge is 2.44. The van der Waals surface area contributed by atoms with Crippen molar-refractivity contribution in [2.24, 2.45) is 0 Å².